The van der Waals surface area contributed by atoms with E-state index >= 15 is 0 Å². The Hall–Kier alpha value is -2.38. The van der Waals surface area contributed by atoms with Gasteiger partial charge in [-0.3, -0.25) is 15.0 Å². The summed E-state index contributed by atoms with van der Waals surface area (Å²) in [6.07, 6.45) is 3.70. The molecule has 0 spiro atoms. The lowest BCUT2D eigenvalue weighted by Gasteiger charge is -2.24. The maximum atomic E-state index is 12.9. The summed E-state index contributed by atoms with van der Waals surface area (Å²) >= 11 is 0. The highest BCUT2D eigenvalue weighted by molar-refractivity contribution is 5.82. The SMILES string of the molecule is CC(=O)N1CCCN(C(=O)C2CC(Cn3ccc4ccccc43)NN2)CC1. The average Bonchev–Trinajstić information content (AvgIpc) is 3.21. The molecule has 1 aromatic carbocycles. The third-order valence-electron chi connectivity index (χ3n) is 5.63. The lowest BCUT2D eigenvalue weighted by Crippen LogP contribution is -2.47. The van der Waals surface area contributed by atoms with Crippen LogP contribution in [0.3, 0.4) is 0 Å². The molecule has 1 aromatic heterocycles. The molecule has 2 fully saturated rings. The highest BCUT2D eigenvalue weighted by atomic mass is 16.2. The number of hydrazine groups is 1. The Morgan fingerprint density at radius 2 is 1.81 bits per heavy atom. The predicted molar refractivity (Wildman–Crippen MR) is 104 cm³/mol. The predicted octanol–water partition coefficient (Wildman–Crippen LogP) is 0.957. The molecule has 3 heterocycles. The van der Waals surface area contributed by atoms with Gasteiger partial charge in [0, 0.05) is 57.4 Å². The van der Waals surface area contributed by atoms with Crippen LogP contribution in [0.1, 0.15) is 19.8 Å². The summed E-state index contributed by atoms with van der Waals surface area (Å²) in [6, 6.07) is 10.5. The van der Waals surface area contributed by atoms with E-state index in [1.54, 1.807) is 6.92 Å². The summed E-state index contributed by atoms with van der Waals surface area (Å²) in [4.78, 5) is 28.2. The summed E-state index contributed by atoms with van der Waals surface area (Å²) in [7, 11) is 0. The van der Waals surface area contributed by atoms with Gasteiger partial charge in [0.25, 0.3) is 0 Å². The number of fused-ring (bicyclic) bond motifs is 1. The van der Waals surface area contributed by atoms with Gasteiger partial charge in [-0.05, 0) is 30.4 Å². The van der Waals surface area contributed by atoms with E-state index in [2.05, 4.69) is 45.9 Å². The molecule has 2 saturated heterocycles. The van der Waals surface area contributed by atoms with E-state index in [4.69, 9.17) is 0 Å². The van der Waals surface area contributed by atoms with Crippen LogP contribution in [0, 0.1) is 0 Å². The van der Waals surface area contributed by atoms with Crippen LogP contribution >= 0.6 is 0 Å². The van der Waals surface area contributed by atoms with Gasteiger partial charge >= 0.3 is 0 Å². The summed E-state index contributed by atoms with van der Waals surface area (Å²) in [5.74, 6) is 0.219. The van der Waals surface area contributed by atoms with Gasteiger partial charge in [-0.25, -0.2) is 5.43 Å². The van der Waals surface area contributed by atoms with Gasteiger partial charge in [0.1, 0.15) is 6.04 Å². The number of para-hydroxylation sites is 1. The lowest BCUT2D eigenvalue weighted by atomic mass is 10.1. The molecule has 7 nitrogen and oxygen atoms in total. The number of carbonyl (C=O) groups is 2. The number of hydrogen-bond acceptors (Lipinski definition) is 4. The first-order valence-electron chi connectivity index (χ1n) is 9.71. The van der Waals surface area contributed by atoms with Gasteiger partial charge in [0.2, 0.25) is 11.8 Å². The number of amides is 2. The Kier molecular flexibility index (Phi) is 5.13. The average molecular weight is 369 g/mol. The molecule has 0 radical (unpaired) electrons. The molecule has 4 rings (SSSR count). The number of hydrogen-bond donors (Lipinski definition) is 2. The highest BCUT2D eigenvalue weighted by Gasteiger charge is 2.33. The van der Waals surface area contributed by atoms with Crippen molar-refractivity contribution in [3.63, 3.8) is 0 Å². The van der Waals surface area contributed by atoms with Crippen LogP contribution < -0.4 is 10.9 Å². The molecule has 2 atom stereocenters. The molecule has 144 valence electrons. The molecule has 2 N–H and O–H groups in total. The Morgan fingerprint density at radius 1 is 1.04 bits per heavy atom. The van der Waals surface area contributed by atoms with Crippen LogP contribution in [0.25, 0.3) is 10.9 Å². The molecular formula is C20H27N5O2. The lowest BCUT2D eigenvalue weighted by molar-refractivity contribution is -0.134. The zero-order valence-corrected chi connectivity index (χ0v) is 15.7. The molecule has 2 unspecified atom stereocenters. The van der Waals surface area contributed by atoms with Crippen LogP contribution in [0.4, 0.5) is 0 Å². The fourth-order valence-electron chi connectivity index (χ4n) is 4.11. The first-order chi connectivity index (χ1) is 13.1. The van der Waals surface area contributed by atoms with Crippen LogP contribution in [-0.2, 0) is 16.1 Å². The maximum Gasteiger partial charge on any atom is 0.241 e. The molecule has 0 aliphatic carbocycles. The summed E-state index contributed by atoms with van der Waals surface area (Å²) in [6.45, 7) is 5.11. The first kappa shape index (κ1) is 18.0. The zero-order chi connectivity index (χ0) is 18.8. The summed E-state index contributed by atoms with van der Waals surface area (Å²) < 4.78 is 2.23. The maximum absolute atomic E-state index is 12.9. The van der Waals surface area contributed by atoms with E-state index in [1.807, 2.05) is 15.9 Å². The van der Waals surface area contributed by atoms with E-state index in [9.17, 15) is 9.59 Å². The molecule has 7 heteroatoms. The van der Waals surface area contributed by atoms with Crippen molar-refractivity contribution in [1.29, 1.82) is 0 Å². The molecule has 2 aromatic rings. The van der Waals surface area contributed by atoms with Crippen molar-refractivity contribution in [2.24, 2.45) is 0 Å². The number of rotatable bonds is 3. The van der Waals surface area contributed by atoms with E-state index in [0.29, 0.717) is 19.6 Å². The Bertz CT molecular complexity index is 833. The van der Waals surface area contributed by atoms with Crippen LogP contribution in [0.15, 0.2) is 36.5 Å². The normalized spacial score (nSPS) is 23.6. The molecule has 2 aliphatic heterocycles. The molecule has 2 amide bonds. The van der Waals surface area contributed by atoms with Crippen LogP contribution in [0.5, 0.6) is 0 Å². The van der Waals surface area contributed by atoms with E-state index < -0.39 is 0 Å². The van der Waals surface area contributed by atoms with E-state index in [-0.39, 0.29) is 23.9 Å². The van der Waals surface area contributed by atoms with E-state index in [0.717, 1.165) is 25.9 Å². The Labute approximate surface area is 159 Å². The van der Waals surface area contributed by atoms with Crippen molar-refractivity contribution in [3.8, 4) is 0 Å². The van der Waals surface area contributed by atoms with E-state index in [1.165, 1.54) is 10.9 Å². The molecule has 0 bridgehead atoms. The smallest absolute Gasteiger partial charge is 0.241 e. The van der Waals surface area contributed by atoms with Crippen molar-refractivity contribution in [3.05, 3.63) is 36.5 Å². The minimum atomic E-state index is -0.208. The molecule has 27 heavy (non-hydrogen) atoms. The van der Waals surface area contributed by atoms with Crippen LogP contribution in [0.2, 0.25) is 0 Å². The fourth-order valence-corrected chi connectivity index (χ4v) is 4.11. The number of nitrogens with one attached hydrogen (secondary N) is 2. The van der Waals surface area contributed by atoms with Crippen molar-refractivity contribution in [2.75, 3.05) is 26.2 Å². The third kappa shape index (κ3) is 3.84. The van der Waals surface area contributed by atoms with Crippen LogP contribution in [-0.4, -0.2) is 64.4 Å². The minimum absolute atomic E-state index is 0.0870. The van der Waals surface area contributed by atoms with Gasteiger partial charge in [-0.15, -0.1) is 0 Å². The number of benzene rings is 1. The second-order valence-electron chi connectivity index (χ2n) is 7.49. The first-order valence-corrected chi connectivity index (χ1v) is 9.71. The fraction of sp³-hybridized carbons (Fsp3) is 0.500. The largest absolute Gasteiger partial charge is 0.346 e. The quantitative estimate of drug-likeness (QED) is 0.846. The molecule has 0 saturated carbocycles. The highest BCUT2D eigenvalue weighted by Crippen LogP contribution is 2.18. The Balaban J connectivity index is 1.35. The second-order valence-corrected chi connectivity index (χ2v) is 7.49. The minimum Gasteiger partial charge on any atom is -0.346 e. The van der Waals surface area contributed by atoms with Gasteiger partial charge in [-0.2, -0.15) is 0 Å². The standard InChI is InChI=1S/C20H27N5O2/c1-15(26)23-8-4-9-24(12-11-23)20(27)18-13-17(21-22-18)14-25-10-7-16-5-2-3-6-19(16)25/h2-3,5-7,10,17-18,21-22H,4,8-9,11-14H2,1H3. The monoisotopic (exact) mass is 369 g/mol. The third-order valence-corrected chi connectivity index (χ3v) is 5.63. The second kappa shape index (κ2) is 7.70. The Morgan fingerprint density at radius 3 is 2.67 bits per heavy atom. The zero-order valence-electron chi connectivity index (χ0n) is 15.7. The van der Waals surface area contributed by atoms with Gasteiger partial charge < -0.3 is 14.4 Å². The van der Waals surface area contributed by atoms with Crippen molar-refractivity contribution < 1.29 is 9.59 Å². The summed E-state index contributed by atoms with van der Waals surface area (Å²) in [5, 5.41) is 1.23. The summed E-state index contributed by atoms with van der Waals surface area (Å²) in [5.41, 5.74) is 7.69. The topological polar surface area (TPSA) is 69.6 Å². The van der Waals surface area contributed by atoms with Crippen molar-refractivity contribution in [2.45, 2.75) is 38.4 Å². The van der Waals surface area contributed by atoms with Crippen molar-refractivity contribution >= 4 is 22.7 Å². The molecule has 2 aliphatic rings. The number of aromatic nitrogens is 1. The number of nitrogens with zero attached hydrogens (tertiary/aromatic N) is 3. The number of carbonyl (C=O) groups excluding carboxylic acids is 2. The molecular weight excluding hydrogens is 342 g/mol. The van der Waals surface area contributed by atoms with Crippen molar-refractivity contribution in [1.82, 2.24) is 25.2 Å². The van der Waals surface area contributed by atoms with Gasteiger partial charge in [-0.1, -0.05) is 18.2 Å². The van der Waals surface area contributed by atoms with Gasteiger partial charge in [0.15, 0.2) is 0 Å². The van der Waals surface area contributed by atoms with Gasteiger partial charge in [0.05, 0.1) is 0 Å².